The fourth-order valence-electron chi connectivity index (χ4n) is 1.68. The number of hydrogen-bond acceptors (Lipinski definition) is 2. The Bertz CT molecular complexity index is 412. The molecule has 0 spiro atoms. The summed E-state index contributed by atoms with van der Waals surface area (Å²) in [5.41, 5.74) is 2.11. The highest BCUT2D eigenvalue weighted by molar-refractivity contribution is 5.79. The quantitative estimate of drug-likeness (QED) is 0.837. The van der Waals surface area contributed by atoms with Crippen LogP contribution in [0.4, 0.5) is 0 Å². The van der Waals surface area contributed by atoms with Crippen LogP contribution in [0.25, 0.3) is 0 Å². The zero-order valence-corrected chi connectivity index (χ0v) is 10.8. The average Bonchev–Trinajstić information content (AvgIpc) is 2.32. The summed E-state index contributed by atoms with van der Waals surface area (Å²) in [6, 6.07) is 7.79. The van der Waals surface area contributed by atoms with Gasteiger partial charge < -0.3 is 10.0 Å². The molecule has 1 amide bonds. The number of aliphatic carboxylic acids is 1. The monoisotopic (exact) mass is 249 g/mol. The van der Waals surface area contributed by atoms with E-state index in [0.29, 0.717) is 13.0 Å². The van der Waals surface area contributed by atoms with Crippen molar-refractivity contribution in [3.05, 3.63) is 35.4 Å². The standard InChI is InChI=1S/C14H19NO3/c1-3-15(9-8-14(17)18)13(16)10-12-6-4-11(2)5-7-12/h4-7H,3,8-10H2,1-2H3,(H,17,18). The number of hydrogen-bond donors (Lipinski definition) is 1. The van der Waals surface area contributed by atoms with Crippen molar-refractivity contribution in [2.75, 3.05) is 13.1 Å². The van der Waals surface area contributed by atoms with Crippen LogP contribution in [0.3, 0.4) is 0 Å². The molecule has 0 aliphatic rings. The molecule has 0 atom stereocenters. The van der Waals surface area contributed by atoms with Crippen molar-refractivity contribution >= 4 is 11.9 Å². The predicted molar refractivity (Wildman–Crippen MR) is 69.4 cm³/mol. The highest BCUT2D eigenvalue weighted by Crippen LogP contribution is 2.06. The number of carbonyl (C=O) groups is 2. The van der Waals surface area contributed by atoms with E-state index < -0.39 is 5.97 Å². The van der Waals surface area contributed by atoms with E-state index in [-0.39, 0.29) is 18.9 Å². The minimum absolute atomic E-state index is 0.00647. The van der Waals surface area contributed by atoms with Crippen LogP contribution in [0, 0.1) is 6.92 Å². The lowest BCUT2D eigenvalue weighted by molar-refractivity contribution is -0.138. The lowest BCUT2D eigenvalue weighted by atomic mass is 10.1. The first-order valence-corrected chi connectivity index (χ1v) is 6.08. The number of nitrogens with zero attached hydrogens (tertiary/aromatic N) is 1. The van der Waals surface area contributed by atoms with E-state index >= 15 is 0 Å². The van der Waals surface area contributed by atoms with E-state index in [1.54, 1.807) is 4.90 Å². The molecule has 0 aliphatic carbocycles. The summed E-state index contributed by atoms with van der Waals surface area (Å²) < 4.78 is 0. The van der Waals surface area contributed by atoms with Gasteiger partial charge in [-0.2, -0.15) is 0 Å². The van der Waals surface area contributed by atoms with Gasteiger partial charge in [0.1, 0.15) is 0 Å². The van der Waals surface area contributed by atoms with Crippen molar-refractivity contribution in [3.63, 3.8) is 0 Å². The van der Waals surface area contributed by atoms with Gasteiger partial charge in [-0.3, -0.25) is 9.59 Å². The second kappa shape index (κ2) is 6.79. The molecule has 0 heterocycles. The van der Waals surface area contributed by atoms with E-state index in [9.17, 15) is 9.59 Å². The second-order valence-electron chi connectivity index (χ2n) is 4.28. The van der Waals surface area contributed by atoms with Gasteiger partial charge in [0.15, 0.2) is 0 Å². The maximum atomic E-state index is 12.0. The first kappa shape index (κ1) is 14.2. The number of carboxylic acids is 1. The Morgan fingerprint density at radius 1 is 1.22 bits per heavy atom. The Kier molecular flexibility index (Phi) is 5.36. The maximum Gasteiger partial charge on any atom is 0.305 e. The predicted octanol–water partition coefficient (Wildman–Crippen LogP) is 1.86. The van der Waals surface area contributed by atoms with Crippen LogP contribution in [0.15, 0.2) is 24.3 Å². The normalized spacial score (nSPS) is 10.1. The SMILES string of the molecule is CCN(CCC(=O)O)C(=O)Cc1ccc(C)cc1. The van der Waals surface area contributed by atoms with E-state index in [1.807, 2.05) is 38.1 Å². The molecule has 0 fully saturated rings. The molecule has 0 aromatic heterocycles. The Labute approximate surface area is 107 Å². The first-order valence-electron chi connectivity index (χ1n) is 6.08. The molecule has 1 N–H and O–H groups in total. The van der Waals surface area contributed by atoms with Gasteiger partial charge in [-0.25, -0.2) is 0 Å². The van der Waals surface area contributed by atoms with Gasteiger partial charge in [-0.15, -0.1) is 0 Å². The lowest BCUT2D eigenvalue weighted by Gasteiger charge is -2.20. The van der Waals surface area contributed by atoms with Gasteiger partial charge >= 0.3 is 5.97 Å². The van der Waals surface area contributed by atoms with Crippen LogP contribution in [-0.2, 0) is 16.0 Å². The molecule has 0 aliphatic heterocycles. The molecule has 1 aromatic rings. The van der Waals surface area contributed by atoms with Gasteiger partial charge in [0.2, 0.25) is 5.91 Å². The number of carboxylic acid groups (broad SMARTS) is 1. The molecular weight excluding hydrogens is 230 g/mol. The molecule has 0 bridgehead atoms. The summed E-state index contributed by atoms with van der Waals surface area (Å²) in [6.07, 6.45) is 0.321. The summed E-state index contributed by atoms with van der Waals surface area (Å²) >= 11 is 0. The zero-order valence-electron chi connectivity index (χ0n) is 10.8. The fourth-order valence-corrected chi connectivity index (χ4v) is 1.68. The summed E-state index contributed by atoms with van der Waals surface area (Å²) in [7, 11) is 0. The molecular formula is C14H19NO3. The van der Waals surface area contributed by atoms with Crippen LogP contribution < -0.4 is 0 Å². The highest BCUT2D eigenvalue weighted by atomic mass is 16.4. The van der Waals surface area contributed by atoms with Crippen molar-refractivity contribution in [2.24, 2.45) is 0 Å². The smallest absolute Gasteiger partial charge is 0.305 e. The van der Waals surface area contributed by atoms with Crippen molar-refractivity contribution in [1.82, 2.24) is 4.90 Å². The summed E-state index contributed by atoms with van der Waals surface area (Å²) in [5.74, 6) is -0.904. The molecule has 18 heavy (non-hydrogen) atoms. The maximum absolute atomic E-state index is 12.0. The second-order valence-corrected chi connectivity index (χ2v) is 4.28. The van der Waals surface area contributed by atoms with Crippen LogP contribution in [0.2, 0.25) is 0 Å². The van der Waals surface area contributed by atoms with Crippen LogP contribution in [-0.4, -0.2) is 35.0 Å². The Hall–Kier alpha value is -1.84. The highest BCUT2D eigenvalue weighted by Gasteiger charge is 2.13. The molecule has 4 heteroatoms. The van der Waals surface area contributed by atoms with Gasteiger partial charge in [0.05, 0.1) is 12.8 Å². The molecule has 0 saturated carbocycles. The van der Waals surface area contributed by atoms with Gasteiger partial charge in [0, 0.05) is 13.1 Å². The topological polar surface area (TPSA) is 57.6 Å². The number of amides is 1. The molecule has 0 unspecified atom stereocenters. The summed E-state index contributed by atoms with van der Waals surface area (Å²) in [5, 5.41) is 8.62. The Morgan fingerprint density at radius 3 is 2.33 bits per heavy atom. The van der Waals surface area contributed by atoms with Crippen molar-refractivity contribution < 1.29 is 14.7 Å². The van der Waals surface area contributed by atoms with Gasteiger partial charge in [0.25, 0.3) is 0 Å². The van der Waals surface area contributed by atoms with Crippen molar-refractivity contribution in [2.45, 2.75) is 26.7 Å². The molecule has 1 rings (SSSR count). The largest absolute Gasteiger partial charge is 0.481 e. The number of likely N-dealkylation sites (N-methyl/N-ethyl adjacent to an activating group) is 1. The van der Waals surface area contributed by atoms with Gasteiger partial charge in [-0.1, -0.05) is 29.8 Å². The molecule has 98 valence electrons. The molecule has 1 aromatic carbocycles. The third-order valence-electron chi connectivity index (χ3n) is 2.81. The van der Waals surface area contributed by atoms with E-state index in [4.69, 9.17) is 5.11 Å². The Morgan fingerprint density at radius 2 is 1.83 bits per heavy atom. The molecule has 0 radical (unpaired) electrons. The third kappa shape index (κ3) is 4.57. The molecule has 0 saturated heterocycles. The first-order chi connectivity index (χ1) is 8.52. The summed E-state index contributed by atoms with van der Waals surface area (Å²) in [4.78, 5) is 24.1. The number of carbonyl (C=O) groups excluding carboxylic acids is 1. The van der Waals surface area contributed by atoms with Crippen LogP contribution in [0.1, 0.15) is 24.5 Å². The minimum Gasteiger partial charge on any atom is -0.481 e. The van der Waals surface area contributed by atoms with Gasteiger partial charge in [-0.05, 0) is 19.4 Å². The molecule has 4 nitrogen and oxygen atoms in total. The van der Waals surface area contributed by atoms with Crippen molar-refractivity contribution in [3.8, 4) is 0 Å². The summed E-state index contributed by atoms with van der Waals surface area (Å²) in [6.45, 7) is 4.67. The average molecular weight is 249 g/mol. The lowest BCUT2D eigenvalue weighted by Crippen LogP contribution is -2.34. The van der Waals surface area contributed by atoms with E-state index in [2.05, 4.69) is 0 Å². The number of benzene rings is 1. The number of rotatable bonds is 6. The third-order valence-corrected chi connectivity index (χ3v) is 2.81. The number of aryl methyl sites for hydroxylation is 1. The Balaban J connectivity index is 2.56. The van der Waals surface area contributed by atoms with Crippen LogP contribution in [0.5, 0.6) is 0 Å². The van der Waals surface area contributed by atoms with Crippen LogP contribution >= 0.6 is 0 Å². The fraction of sp³-hybridized carbons (Fsp3) is 0.429. The minimum atomic E-state index is -0.878. The zero-order chi connectivity index (χ0) is 13.5. The van der Waals surface area contributed by atoms with E-state index in [1.165, 1.54) is 0 Å². The van der Waals surface area contributed by atoms with E-state index in [0.717, 1.165) is 11.1 Å². The van der Waals surface area contributed by atoms with Crippen molar-refractivity contribution in [1.29, 1.82) is 0 Å².